The molecule has 2 aromatic carbocycles. The third-order valence-corrected chi connectivity index (χ3v) is 16.6. The van der Waals surface area contributed by atoms with Gasteiger partial charge in [-0.15, -0.1) is 0 Å². The number of fused-ring (bicyclic) bond motifs is 3. The average Bonchev–Trinajstić information content (AvgIpc) is 4.01. The number of anilines is 1. The molecule has 8 rings (SSSR count). The van der Waals surface area contributed by atoms with Crippen LogP contribution in [-0.4, -0.2) is 91.6 Å². The van der Waals surface area contributed by atoms with Gasteiger partial charge in [-0.05, 0) is 59.8 Å². The maximum atomic E-state index is 16.5. The minimum absolute atomic E-state index is 0.0237. The van der Waals surface area contributed by atoms with Crippen LogP contribution in [0.15, 0.2) is 83.0 Å². The third kappa shape index (κ3) is 13.2. The number of aromatic amines is 1. The topological polar surface area (TPSA) is 273 Å². The van der Waals surface area contributed by atoms with Crippen molar-refractivity contribution in [2.45, 2.75) is 126 Å². The number of nitrogen functional groups attached to an aromatic ring is 1. The van der Waals surface area contributed by atoms with Gasteiger partial charge in [0.15, 0.2) is 36.3 Å². The first-order valence-corrected chi connectivity index (χ1v) is 27.9. The van der Waals surface area contributed by atoms with Gasteiger partial charge in [0.25, 0.3) is 13.4 Å². The number of ether oxygens (including phenoxy) is 4. The van der Waals surface area contributed by atoms with E-state index in [1.807, 2.05) is 4.98 Å². The van der Waals surface area contributed by atoms with E-state index in [1.165, 1.54) is 63.5 Å². The average molecular weight is 1050 g/mol. The number of nitrogens with zero attached hydrogens (tertiary/aromatic N) is 5. The molecule has 3 fully saturated rings. The van der Waals surface area contributed by atoms with E-state index in [0.717, 1.165) is 42.3 Å². The fourth-order valence-corrected chi connectivity index (χ4v) is 12.6. The number of nitrogens with two attached hydrogens (primary N) is 1. The Hall–Kier alpha value is -4.87. The van der Waals surface area contributed by atoms with E-state index in [4.69, 9.17) is 42.8 Å². The van der Waals surface area contributed by atoms with Gasteiger partial charge in [-0.25, -0.2) is 37.9 Å². The Morgan fingerprint density at radius 2 is 1.44 bits per heavy atom. The predicted molar refractivity (Wildman–Crippen MR) is 252 cm³/mol. The first-order valence-electron chi connectivity index (χ1n) is 23.3. The highest BCUT2D eigenvalue weighted by atomic mass is 32.7. The van der Waals surface area contributed by atoms with Crippen molar-refractivity contribution in [3.8, 4) is 11.5 Å². The molecule has 0 bridgehead atoms. The summed E-state index contributed by atoms with van der Waals surface area (Å²) in [4.78, 5) is 64.9. The number of benzene rings is 2. The van der Waals surface area contributed by atoms with E-state index in [0.29, 0.717) is 39.4 Å². The minimum atomic E-state index is -5.49. The molecule has 71 heavy (non-hydrogen) atoms. The summed E-state index contributed by atoms with van der Waals surface area (Å²) in [5.41, 5.74) is 4.99. The molecule has 0 amide bonds. The van der Waals surface area contributed by atoms with Crippen LogP contribution in [0.1, 0.15) is 99.5 Å². The molecule has 3 aliphatic heterocycles. The van der Waals surface area contributed by atoms with Gasteiger partial charge >= 0.3 is 18.5 Å². The Kier molecular flexibility index (Phi) is 17.6. The van der Waals surface area contributed by atoms with Crippen molar-refractivity contribution in [2.24, 2.45) is 0 Å². The fraction of sp³-hybridized carbons (Fsp3) is 0.511. The number of imidazole rings is 1. The lowest BCUT2D eigenvalue weighted by molar-refractivity contribution is -0.235. The molecule has 0 aliphatic carbocycles. The zero-order chi connectivity index (χ0) is 50.1. The number of unbranched alkanes of at least 4 members (excludes halogenated alkanes) is 9. The Bertz CT molecular complexity index is 2810. The summed E-state index contributed by atoms with van der Waals surface area (Å²) in [6.45, 7) is -3.72. The van der Waals surface area contributed by atoms with Gasteiger partial charge in [-0.2, -0.15) is 0 Å². The Morgan fingerprint density at radius 1 is 0.817 bits per heavy atom. The molecule has 21 nitrogen and oxygen atoms in total. The molecular formula is C45H54F2N7O14P2S-. The number of halogens is 2. The number of hydrogen-bond donors (Lipinski definition) is 2. The highest BCUT2D eigenvalue weighted by molar-refractivity contribution is 8.54. The highest BCUT2D eigenvalue weighted by Crippen LogP contribution is 2.64. The number of alkyl halides is 2. The number of rotatable bonds is 19. The molecule has 3 N–H and O–H groups in total. The van der Waals surface area contributed by atoms with Gasteiger partial charge in [-0.1, -0.05) is 76.8 Å². The molecule has 3 saturated heterocycles. The van der Waals surface area contributed by atoms with Crippen LogP contribution in [0.2, 0.25) is 0 Å². The van der Waals surface area contributed by atoms with Crippen LogP contribution in [-0.2, 0) is 42.5 Å². The number of carbonyl (C=O) groups excluding carboxylic acids is 1. The minimum Gasteiger partial charge on any atom is -0.756 e. The van der Waals surface area contributed by atoms with Gasteiger partial charge in [0, 0.05) is 18.0 Å². The smallest absolute Gasteiger partial charge is 0.389 e. The Labute approximate surface area is 409 Å². The van der Waals surface area contributed by atoms with Crippen molar-refractivity contribution in [2.75, 3.05) is 25.6 Å². The molecule has 0 radical (unpaired) electrons. The van der Waals surface area contributed by atoms with Crippen molar-refractivity contribution in [3.05, 3.63) is 105 Å². The second kappa shape index (κ2) is 23.8. The van der Waals surface area contributed by atoms with E-state index in [2.05, 4.69) is 21.9 Å². The molecule has 2 unspecified atom stereocenters. The molecule has 26 heteroatoms. The van der Waals surface area contributed by atoms with Crippen LogP contribution < -0.4 is 31.3 Å². The predicted octanol–water partition coefficient (Wildman–Crippen LogP) is 7.28. The second-order valence-electron chi connectivity index (χ2n) is 17.1. The number of hydrogen-bond acceptors (Lipinski definition) is 19. The van der Waals surface area contributed by atoms with E-state index in [1.54, 1.807) is 36.4 Å². The first-order chi connectivity index (χ1) is 34.2. The molecule has 0 spiro atoms. The van der Waals surface area contributed by atoms with E-state index >= 15 is 8.78 Å². The number of H-pyrrole nitrogens is 1. The van der Waals surface area contributed by atoms with Crippen molar-refractivity contribution >= 4 is 49.0 Å². The van der Waals surface area contributed by atoms with E-state index in [9.17, 15) is 28.4 Å². The first kappa shape index (κ1) is 52.5. The fourth-order valence-electron chi connectivity index (χ4n) is 8.24. The van der Waals surface area contributed by atoms with Gasteiger partial charge in [0.2, 0.25) is 0 Å². The molecule has 3 aliphatic rings. The van der Waals surface area contributed by atoms with Crippen LogP contribution >= 0.6 is 26.0 Å². The maximum Gasteiger partial charge on any atom is 0.389 e. The van der Waals surface area contributed by atoms with Crippen LogP contribution in [0.25, 0.3) is 11.2 Å². The van der Waals surface area contributed by atoms with Crippen molar-refractivity contribution in [3.63, 3.8) is 0 Å². The summed E-state index contributed by atoms with van der Waals surface area (Å²) in [6.07, 6.45) is 0.139. The Balaban J connectivity index is 0.926. The second-order valence-corrected chi connectivity index (χ2v) is 22.5. The number of phosphoric acid groups is 1. The van der Waals surface area contributed by atoms with E-state index in [-0.39, 0.29) is 28.5 Å². The maximum absolute atomic E-state index is 16.5. The lowest BCUT2D eigenvalue weighted by Gasteiger charge is -2.32. The van der Waals surface area contributed by atoms with Gasteiger partial charge < -0.3 is 38.6 Å². The molecule has 384 valence electrons. The van der Waals surface area contributed by atoms with Crippen LogP contribution in [0.5, 0.6) is 11.5 Å². The van der Waals surface area contributed by atoms with Crippen molar-refractivity contribution in [1.29, 1.82) is 0 Å². The van der Waals surface area contributed by atoms with Crippen molar-refractivity contribution in [1.82, 2.24) is 29.1 Å². The zero-order valence-corrected chi connectivity index (χ0v) is 41.1. The van der Waals surface area contributed by atoms with Crippen LogP contribution in [0.3, 0.4) is 0 Å². The van der Waals surface area contributed by atoms with Gasteiger partial charge in [-0.3, -0.25) is 32.5 Å². The quantitative estimate of drug-likeness (QED) is 0.0356. The molecule has 6 heterocycles. The summed E-state index contributed by atoms with van der Waals surface area (Å²) in [6, 6.07) is 13.7. The number of aromatic nitrogens is 6. The SMILES string of the molecule is CCCCCCCCCCCCOc1ccc(C(=O)Oc2ccc(CSP3(=O)OC[C@H]4O[C@@H](n5cnc6c(N)ncnc65)[C@H](F)[C@@H]4OP(=O)([O-])OC[C@H]4O[C@@H](n5ccc(=O)[nH]c5=O)[C@H](F)[C@@H]4O3)cc2)cc1. The molecule has 5 aromatic rings. The number of phosphoric ester groups is 1. The number of carbonyl (C=O) groups is 1. The third-order valence-electron chi connectivity index (χ3n) is 12.0. The highest BCUT2D eigenvalue weighted by Gasteiger charge is 2.54. The van der Waals surface area contributed by atoms with E-state index < -0.39 is 94.3 Å². The lowest BCUT2D eigenvalue weighted by atomic mass is 10.1. The summed E-state index contributed by atoms with van der Waals surface area (Å²) in [5.74, 6) is 0.0677. The van der Waals surface area contributed by atoms with Crippen LogP contribution in [0.4, 0.5) is 14.6 Å². The molecule has 3 aromatic heterocycles. The van der Waals surface area contributed by atoms with Gasteiger partial charge in [0.1, 0.15) is 47.8 Å². The molecule has 0 saturated carbocycles. The van der Waals surface area contributed by atoms with Crippen molar-refractivity contribution < 1.29 is 64.6 Å². The number of esters is 1. The normalized spacial score (nSPS) is 27.9. The summed E-state index contributed by atoms with van der Waals surface area (Å²) in [5, 5.41) is 0. The lowest BCUT2D eigenvalue weighted by Crippen LogP contribution is -2.38. The number of nitrogens with one attached hydrogen (secondary N) is 1. The Morgan fingerprint density at radius 3 is 2.11 bits per heavy atom. The molecular weight excluding hydrogens is 995 g/mol. The summed E-state index contributed by atoms with van der Waals surface area (Å²) in [7, 11) is -5.49. The zero-order valence-electron chi connectivity index (χ0n) is 38.5. The molecule has 10 atom stereocenters. The summed E-state index contributed by atoms with van der Waals surface area (Å²) < 4.78 is 108. The van der Waals surface area contributed by atoms with Crippen LogP contribution in [0, 0.1) is 0 Å². The monoisotopic (exact) mass is 1050 g/mol. The summed E-state index contributed by atoms with van der Waals surface area (Å²) >= 11 is 0.585. The standard InChI is InChI=1S/C45H55F2N7O14P2S/c1-2-3-4-5-6-7-8-9-10-11-22-61-30-18-14-29(15-19-30)44(56)64-31-16-12-28(13-17-31)25-71-70(60)63-24-33-38(35(46)43(66-33)54-27-51-37-40(48)49-26-50-41(37)54)67-69(58,59)62-23-32-39(68-70)36(47)42(65-32)53-21-20-34(55)52-45(53)57/h12-21,26-27,32-33,35-36,38-39,42-43H,2-11,22-25H2,1H3,(H,58,59)(H2,48,49,50)(H,52,55,57)/p-1/t32-,33-,35-,36-,38-,39-,42-,43-,70?/m1/s1. The van der Waals surface area contributed by atoms with Gasteiger partial charge in [0.05, 0.1) is 31.7 Å². The largest absolute Gasteiger partial charge is 0.756 e.